The fraction of sp³-hybridized carbons (Fsp3) is 0.579. The van der Waals surface area contributed by atoms with E-state index in [1.54, 1.807) is 21.0 Å². The molecule has 1 aliphatic heterocycles. The summed E-state index contributed by atoms with van der Waals surface area (Å²) in [7, 11) is -2.40. The summed E-state index contributed by atoms with van der Waals surface area (Å²) in [6, 6.07) is 3.19. The van der Waals surface area contributed by atoms with Crippen LogP contribution in [-0.4, -0.2) is 39.0 Å². The highest BCUT2D eigenvalue weighted by molar-refractivity contribution is 7.86. The first-order valence-corrected chi connectivity index (χ1v) is 10.3. The van der Waals surface area contributed by atoms with Crippen LogP contribution in [0, 0.1) is 32.6 Å². The van der Waals surface area contributed by atoms with Gasteiger partial charge in [0.15, 0.2) is 0 Å². The van der Waals surface area contributed by atoms with Crippen LogP contribution in [0.4, 0.5) is 0 Å². The Kier molecular flexibility index (Phi) is 6.48. The lowest BCUT2D eigenvalue weighted by Crippen LogP contribution is -2.65. The number of ether oxygens (including phenoxy) is 1. The van der Waals surface area contributed by atoms with Crippen LogP contribution in [0.2, 0.25) is 0 Å². The standard InChI is InChI=1S/C19H29N2O4S/c1-6-7-8-17-13-18(24-5)9-10-21(17,20)25-26(22,23)19-15(3)11-14(2)12-16(19)4/h11-12,17-18H,6,9-10,13,20H2,1-5H3/q+1. The van der Waals surface area contributed by atoms with Crippen molar-refractivity contribution in [3.63, 3.8) is 0 Å². The molecule has 3 atom stereocenters. The van der Waals surface area contributed by atoms with Gasteiger partial charge < -0.3 is 4.74 Å². The summed E-state index contributed by atoms with van der Waals surface area (Å²) in [5, 5.41) is 0. The number of nitrogens with two attached hydrogens (primary N) is 1. The maximum atomic E-state index is 13.0. The van der Waals surface area contributed by atoms with Crippen LogP contribution in [0.3, 0.4) is 0 Å². The highest BCUT2D eigenvalue weighted by Crippen LogP contribution is 2.30. The third-order valence-corrected chi connectivity index (χ3v) is 6.30. The van der Waals surface area contributed by atoms with Gasteiger partial charge in [-0.15, -0.1) is 5.84 Å². The molecule has 0 radical (unpaired) electrons. The van der Waals surface area contributed by atoms with E-state index in [1.165, 1.54) is 0 Å². The number of piperidine rings is 1. The van der Waals surface area contributed by atoms with Crippen LogP contribution < -0.4 is 5.84 Å². The van der Waals surface area contributed by atoms with E-state index in [2.05, 4.69) is 11.8 Å². The molecule has 1 aromatic rings. The molecular weight excluding hydrogens is 352 g/mol. The fourth-order valence-electron chi connectivity index (χ4n) is 3.52. The van der Waals surface area contributed by atoms with Crippen molar-refractivity contribution in [2.45, 2.75) is 64.0 Å². The van der Waals surface area contributed by atoms with Crippen LogP contribution in [0.1, 0.15) is 42.9 Å². The van der Waals surface area contributed by atoms with E-state index in [1.807, 2.05) is 26.0 Å². The Hall–Kier alpha value is -1.43. The smallest absolute Gasteiger partial charge is 0.345 e. The van der Waals surface area contributed by atoms with E-state index in [-0.39, 0.29) is 11.0 Å². The van der Waals surface area contributed by atoms with E-state index in [0.29, 0.717) is 36.9 Å². The van der Waals surface area contributed by atoms with Crippen LogP contribution in [0.5, 0.6) is 0 Å². The van der Waals surface area contributed by atoms with Gasteiger partial charge in [0.1, 0.15) is 11.4 Å². The lowest BCUT2D eigenvalue weighted by Gasteiger charge is -2.39. The number of quaternary nitrogens is 1. The zero-order chi connectivity index (χ0) is 19.5. The molecule has 1 heterocycles. The van der Waals surface area contributed by atoms with Crippen molar-refractivity contribution in [1.29, 1.82) is 0 Å². The van der Waals surface area contributed by atoms with Crippen molar-refractivity contribution in [2.75, 3.05) is 13.7 Å². The lowest BCUT2D eigenvalue weighted by atomic mass is 10.0. The predicted octanol–water partition coefficient (Wildman–Crippen LogP) is 2.51. The van der Waals surface area contributed by atoms with Crippen LogP contribution in [-0.2, 0) is 19.1 Å². The van der Waals surface area contributed by atoms with Gasteiger partial charge in [-0.2, -0.15) is 8.42 Å². The highest BCUT2D eigenvalue weighted by atomic mass is 32.2. The number of benzene rings is 1. The molecule has 2 N–H and O–H groups in total. The molecule has 3 unspecified atom stereocenters. The van der Waals surface area contributed by atoms with Gasteiger partial charge >= 0.3 is 10.1 Å². The van der Waals surface area contributed by atoms with E-state index >= 15 is 0 Å². The van der Waals surface area contributed by atoms with Gasteiger partial charge in [-0.3, -0.25) is 0 Å². The Morgan fingerprint density at radius 2 is 1.88 bits per heavy atom. The summed E-state index contributed by atoms with van der Waals surface area (Å²) in [4.78, 5) is 0.183. The van der Waals surface area contributed by atoms with Gasteiger partial charge in [0.05, 0.1) is 6.10 Å². The molecule has 1 saturated heterocycles. The first-order chi connectivity index (χ1) is 12.1. The summed E-state index contributed by atoms with van der Waals surface area (Å²) in [6.45, 7) is 7.71. The molecule has 0 spiro atoms. The van der Waals surface area contributed by atoms with E-state index in [4.69, 9.17) is 14.9 Å². The van der Waals surface area contributed by atoms with Crippen molar-refractivity contribution in [3.05, 3.63) is 28.8 Å². The SMILES string of the molecule is CCC#CC1CC(OC)CC[N+]1(N)OS(=O)(=O)c1c(C)cc(C)cc1C. The van der Waals surface area contributed by atoms with E-state index in [0.717, 1.165) is 5.56 Å². The van der Waals surface area contributed by atoms with Crippen molar-refractivity contribution in [1.82, 2.24) is 0 Å². The Bertz CT molecular complexity index is 803. The summed E-state index contributed by atoms with van der Waals surface area (Å²) in [5.41, 5.74) is 2.30. The first-order valence-electron chi connectivity index (χ1n) is 8.84. The molecule has 7 heteroatoms. The second-order valence-corrected chi connectivity index (χ2v) is 8.37. The van der Waals surface area contributed by atoms with Gasteiger partial charge in [-0.25, -0.2) is 0 Å². The number of hydroxylamine groups is 2. The van der Waals surface area contributed by atoms with E-state index < -0.39 is 20.9 Å². The fourth-order valence-corrected chi connectivity index (χ4v) is 5.04. The minimum absolute atomic E-state index is 0.00453. The predicted molar refractivity (Wildman–Crippen MR) is 100 cm³/mol. The van der Waals surface area contributed by atoms with Gasteiger partial charge in [-0.05, 0) is 42.1 Å². The van der Waals surface area contributed by atoms with Crippen molar-refractivity contribution < 1.29 is 22.2 Å². The average Bonchev–Trinajstić information content (AvgIpc) is 2.52. The molecule has 0 amide bonds. The zero-order valence-corrected chi connectivity index (χ0v) is 17.0. The van der Waals surface area contributed by atoms with Gasteiger partial charge in [0, 0.05) is 26.4 Å². The van der Waals surface area contributed by atoms with Crippen molar-refractivity contribution in [2.24, 2.45) is 5.84 Å². The number of methoxy groups -OCH3 is 1. The minimum atomic E-state index is -4.04. The quantitative estimate of drug-likeness (QED) is 0.493. The molecule has 144 valence electrons. The molecule has 26 heavy (non-hydrogen) atoms. The molecule has 1 fully saturated rings. The summed E-state index contributed by atoms with van der Waals surface area (Å²) >= 11 is 0. The molecule has 1 aliphatic rings. The minimum Gasteiger partial charge on any atom is -0.381 e. The second kappa shape index (κ2) is 8.07. The van der Waals surface area contributed by atoms with Crippen LogP contribution in [0.25, 0.3) is 0 Å². The van der Waals surface area contributed by atoms with Gasteiger partial charge in [-0.1, -0.05) is 35.3 Å². The van der Waals surface area contributed by atoms with Crippen LogP contribution >= 0.6 is 0 Å². The number of hydrogen-bond acceptors (Lipinski definition) is 5. The van der Waals surface area contributed by atoms with Crippen molar-refractivity contribution in [3.8, 4) is 11.8 Å². The van der Waals surface area contributed by atoms with E-state index in [9.17, 15) is 8.42 Å². The lowest BCUT2D eigenvalue weighted by molar-refractivity contribution is -1.11. The third kappa shape index (κ3) is 4.45. The third-order valence-electron chi connectivity index (χ3n) is 4.68. The first kappa shape index (κ1) is 20.9. The molecule has 0 bridgehead atoms. The molecule has 1 aromatic carbocycles. The zero-order valence-electron chi connectivity index (χ0n) is 16.2. The Morgan fingerprint density at radius 3 is 2.42 bits per heavy atom. The molecule has 0 aliphatic carbocycles. The maximum absolute atomic E-state index is 13.0. The number of aryl methyl sites for hydroxylation is 3. The summed E-state index contributed by atoms with van der Waals surface area (Å²) in [5.74, 6) is 12.5. The Morgan fingerprint density at radius 1 is 1.27 bits per heavy atom. The normalized spacial score (nSPS) is 26.2. The molecule has 0 saturated carbocycles. The second-order valence-electron chi connectivity index (χ2n) is 6.91. The monoisotopic (exact) mass is 381 g/mol. The maximum Gasteiger partial charge on any atom is 0.345 e. The summed E-state index contributed by atoms with van der Waals surface area (Å²) < 4.78 is 36.5. The molecular formula is C19H29N2O4S+. The van der Waals surface area contributed by atoms with Crippen molar-refractivity contribution >= 4 is 10.1 Å². The Balaban J connectivity index is 2.40. The highest BCUT2D eigenvalue weighted by Gasteiger charge is 2.46. The van der Waals surface area contributed by atoms with Gasteiger partial charge in [0.25, 0.3) is 0 Å². The number of rotatable bonds is 4. The number of nitrogens with zero attached hydrogens (tertiary/aromatic N) is 1. The van der Waals surface area contributed by atoms with Gasteiger partial charge in [0.2, 0.25) is 6.04 Å². The molecule has 2 rings (SSSR count). The number of hydrogen-bond donors (Lipinski definition) is 1. The Labute approximate surface area is 156 Å². The summed E-state index contributed by atoms with van der Waals surface area (Å²) in [6.07, 6.45) is 1.80. The molecule has 6 nitrogen and oxygen atoms in total. The largest absolute Gasteiger partial charge is 0.381 e. The topological polar surface area (TPSA) is 78.6 Å². The molecule has 0 aromatic heterocycles. The van der Waals surface area contributed by atoms with Crippen LogP contribution in [0.15, 0.2) is 17.0 Å². The average molecular weight is 382 g/mol.